The van der Waals surface area contributed by atoms with Gasteiger partial charge >= 0.3 is 0 Å². The van der Waals surface area contributed by atoms with Crippen LogP contribution < -0.4 is 14.0 Å². The number of allylic oxidation sites excluding steroid dienone is 1. The molecule has 146 valence electrons. The van der Waals surface area contributed by atoms with E-state index in [1.165, 1.54) is 11.1 Å². The third kappa shape index (κ3) is 4.37. The molecular weight excluding hydrogens is 362 g/mol. The summed E-state index contributed by atoms with van der Waals surface area (Å²) in [7, 11) is 0. The van der Waals surface area contributed by atoms with Crippen molar-refractivity contribution < 1.29 is 18.8 Å². The second-order valence-corrected chi connectivity index (χ2v) is 7.24. The summed E-state index contributed by atoms with van der Waals surface area (Å²) in [5.41, 5.74) is 4.01. The van der Waals surface area contributed by atoms with Gasteiger partial charge in [0.05, 0.1) is 12.2 Å². The number of Topliss-reactive ketones (excluding diaryl/α,β-unsaturated/α-hetero) is 1. The van der Waals surface area contributed by atoms with Gasteiger partial charge in [-0.2, -0.15) is 0 Å². The maximum Gasteiger partial charge on any atom is 0.231 e. The van der Waals surface area contributed by atoms with Gasteiger partial charge in [-0.25, -0.2) is 4.57 Å². The highest BCUT2D eigenvalue weighted by Gasteiger charge is 2.27. The van der Waals surface area contributed by atoms with Gasteiger partial charge in [-0.1, -0.05) is 30.7 Å². The molecule has 0 unspecified atom stereocenters. The van der Waals surface area contributed by atoms with Crippen LogP contribution in [-0.4, -0.2) is 12.4 Å². The molecule has 0 aliphatic carbocycles. The molecule has 0 radical (unpaired) electrons. The summed E-state index contributed by atoms with van der Waals surface area (Å²) in [6.45, 7) is 5.60. The number of benzene rings is 2. The third-order valence-corrected chi connectivity index (χ3v) is 4.78. The van der Waals surface area contributed by atoms with E-state index in [4.69, 9.17) is 9.47 Å². The fourth-order valence-corrected chi connectivity index (χ4v) is 3.32. The molecule has 0 amide bonds. The molecule has 2 heterocycles. The Bertz CT molecular complexity index is 1070. The van der Waals surface area contributed by atoms with E-state index in [1.807, 2.05) is 30.6 Å². The minimum atomic E-state index is -0.0986. The molecule has 0 N–H and O–H groups in total. The van der Waals surface area contributed by atoms with E-state index >= 15 is 0 Å². The number of ketones is 1. The first-order valence-electron chi connectivity index (χ1n) is 9.88. The molecular formula is C25H24NO3+. The van der Waals surface area contributed by atoms with Gasteiger partial charge in [0.2, 0.25) is 5.78 Å². The molecule has 3 aromatic rings. The molecule has 1 aromatic heterocycles. The molecule has 0 bridgehead atoms. The summed E-state index contributed by atoms with van der Waals surface area (Å²) >= 11 is 0. The topological polar surface area (TPSA) is 39.4 Å². The summed E-state index contributed by atoms with van der Waals surface area (Å²) in [5.74, 6) is 1.51. The number of aromatic nitrogens is 1. The molecule has 1 aliphatic heterocycles. The highest BCUT2D eigenvalue weighted by Crippen LogP contribution is 2.34. The molecule has 0 atom stereocenters. The van der Waals surface area contributed by atoms with Crippen LogP contribution in [0.5, 0.6) is 11.5 Å². The van der Waals surface area contributed by atoms with Crippen molar-refractivity contribution in [2.75, 3.05) is 6.61 Å². The third-order valence-electron chi connectivity index (χ3n) is 4.78. The molecule has 4 heteroatoms. The Balaban J connectivity index is 1.48. The number of hydrogen-bond acceptors (Lipinski definition) is 3. The van der Waals surface area contributed by atoms with Crippen molar-refractivity contribution in [3.05, 3.63) is 95.0 Å². The van der Waals surface area contributed by atoms with Crippen molar-refractivity contribution in [3.8, 4) is 11.5 Å². The second-order valence-electron chi connectivity index (χ2n) is 7.24. The number of pyridine rings is 1. The summed E-state index contributed by atoms with van der Waals surface area (Å²) in [6, 6.07) is 17.8. The lowest BCUT2D eigenvalue weighted by Crippen LogP contribution is -2.33. The maximum absolute atomic E-state index is 12.6. The Morgan fingerprint density at radius 3 is 2.66 bits per heavy atom. The quantitative estimate of drug-likeness (QED) is 0.454. The molecule has 0 saturated carbocycles. The van der Waals surface area contributed by atoms with Gasteiger partial charge in [0, 0.05) is 23.8 Å². The normalized spacial score (nSPS) is 14.0. The van der Waals surface area contributed by atoms with Crippen LogP contribution >= 0.6 is 0 Å². The van der Waals surface area contributed by atoms with Gasteiger partial charge in [0.1, 0.15) is 11.5 Å². The summed E-state index contributed by atoms with van der Waals surface area (Å²) in [5, 5.41) is 0. The van der Waals surface area contributed by atoms with Crippen molar-refractivity contribution in [2.24, 2.45) is 0 Å². The Labute approximate surface area is 171 Å². The van der Waals surface area contributed by atoms with E-state index in [9.17, 15) is 4.79 Å². The number of ether oxygens (including phenoxy) is 2. The first kappa shape index (κ1) is 18.9. The standard InChI is InChI=1S/C25H24NO3/c1-3-13-28-21-7-8-22-23(16-21)29-24(25(22)27)15-19-9-11-26(12-10-19)17-20-6-4-5-18(2)14-20/h4-12,14-16H,3,13,17H2,1-2H3/q+1/b24-15-. The second kappa shape index (κ2) is 8.31. The number of fused-ring (bicyclic) bond motifs is 1. The van der Waals surface area contributed by atoms with E-state index in [-0.39, 0.29) is 5.78 Å². The van der Waals surface area contributed by atoms with Gasteiger partial charge < -0.3 is 9.47 Å². The Hall–Kier alpha value is -3.40. The van der Waals surface area contributed by atoms with Crippen LogP contribution in [0.15, 0.2) is 72.8 Å². The summed E-state index contributed by atoms with van der Waals surface area (Å²) < 4.78 is 13.5. The van der Waals surface area contributed by atoms with Crippen molar-refractivity contribution in [3.63, 3.8) is 0 Å². The molecule has 0 fully saturated rings. The smallest absolute Gasteiger partial charge is 0.231 e. The van der Waals surface area contributed by atoms with Crippen molar-refractivity contribution in [2.45, 2.75) is 26.8 Å². The Kier molecular flexibility index (Phi) is 5.43. The lowest BCUT2D eigenvalue weighted by Gasteiger charge is -2.05. The lowest BCUT2D eigenvalue weighted by molar-refractivity contribution is -0.688. The van der Waals surface area contributed by atoms with Gasteiger partial charge in [0.25, 0.3) is 0 Å². The van der Waals surface area contributed by atoms with E-state index in [0.29, 0.717) is 23.7 Å². The van der Waals surface area contributed by atoms with Crippen LogP contribution in [0.25, 0.3) is 6.08 Å². The van der Waals surface area contributed by atoms with Gasteiger partial charge in [-0.3, -0.25) is 4.79 Å². The highest BCUT2D eigenvalue weighted by atomic mass is 16.5. The molecule has 0 spiro atoms. The predicted molar refractivity (Wildman–Crippen MR) is 112 cm³/mol. The zero-order chi connectivity index (χ0) is 20.2. The van der Waals surface area contributed by atoms with Crippen molar-refractivity contribution >= 4 is 11.9 Å². The molecule has 4 rings (SSSR count). The number of nitrogens with zero attached hydrogens (tertiary/aromatic N) is 1. The van der Waals surface area contributed by atoms with Crippen LogP contribution in [0, 0.1) is 6.92 Å². The molecule has 29 heavy (non-hydrogen) atoms. The zero-order valence-electron chi connectivity index (χ0n) is 16.7. The van der Waals surface area contributed by atoms with Crippen LogP contribution in [-0.2, 0) is 6.54 Å². The largest absolute Gasteiger partial charge is 0.493 e. The lowest BCUT2D eigenvalue weighted by atomic mass is 10.1. The fourth-order valence-electron chi connectivity index (χ4n) is 3.32. The Morgan fingerprint density at radius 1 is 1.07 bits per heavy atom. The molecule has 0 saturated heterocycles. The molecule has 1 aliphatic rings. The predicted octanol–water partition coefficient (Wildman–Crippen LogP) is 4.74. The SMILES string of the molecule is CCCOc1ccc2c(c1)O/C(=C\c1cc[n+](Cc3cccc(C)c3)cc1)C2=O. The van der Waals surface area contributed by atoms with Crippen LogP contribution in [0.1, 0.15) is 40.4 Å². The average molecular weight is 386 g/mol. The molecule has 4 nitrogen and oxygen atoms in total. The van der Waals surface area contributed by atoms with Crippen molar-refractivity contribution in [1.29, 1.82) is 0 Å². The van der Waals surface area contributed by atoms with Gasteiger partial charge in [0.15, 0.2) is 24.7 Å². The van der Waals surface area contributed by atoms with Gasteiger partial charge in [-0.15, -0.1) is 0 Å². The van der Waals surface area contributed by atoms with Gasteiger partial charge in [-0.05, 0) is 43.2 Å². The minimum absolute atomic E-state index is 0.0986. The number of aryl methyl sites for hydroxylation is 1. The maximum atomic E-state index is 12.6. The monoisotopic (exact) mass is 386 g/mol. The van der Waals surface area contributed by atoms with Crippen LogP contribution in [0.3, 0.4) is 0 Å². The van der Waals surface area contributed by atoms with Crippen LogP contribution in [0.4, 0.5) is 0 Å². The first-order chi connectivity index (χ1) is 14.1. The molecule has 2 aromatic carbocycles. The van der Waals surface area contributed by atoms with E-state index in [1.54, 1.807) is 18.2 Å². The van der Waals surface area contributed by atoms with Crippen LogP contribution in [0.2, 0.25) is 0 Å². The average Bonchev–Trinajstić information content (AvgIpc) is 3.03. The Morgan fingerprint density at radius 2 is 1.90 bits per heavy atom. The zero-order valence-corrected chi connectivity index (χ0v) is 16.7. The number of rotatable bonds is 6. The highest BCUT2D eigenvalue weighted by molar-refractivity contribution is 6.14. The minimum Gasteiger partial charge on any atom is -0.493 e. The number of carbonyl (C=O) groups is 1. The number of carbonyl (C=O) groups excluding carboxylic acids is 1. The fraction of sp³-hybridized carbons (Fsp3) is 0.200. The summed E-state index contributed by atoms with van der Waals surface area (Å²) in [6.07, 6.45) is 6.74. The first-order valence-corrected chi connectivity index (χ1v) is 9.88. The van der Waals surface area contributed by atoms with E-state index < -0.39 is 0 Å². The van der Waals surface area contributed by atoms with E-state index in [2.05, 4.69) is 42.7 Å². The van der Waals surface area contributed by atoms with E-state index in [0.717, 1.165) is 24.3 Å². The summed E-state index contributed by atoms with van der Waals surface area (Å²) in [4.78, 5) is 12.6. The number of hydrogen-bond donors (Lipinski definition) is 0. The van der Waals surface area contributed by atoms with Crippen molar-refractivity contribution in [1.82, 2.24) is 0 Å².